The number of rotatable bonds is 1. The van der Waals surface area contributed by atoms with E-state index in [2.05, 4.69) is 35.4 Å². The lowest BCUT2D eigenvalue weighted by molar-refractivity contribution is 0.202. The molecule has 0 radical (unpaired) electrons. The van der Waals surface area contributed by atoms with E-state index in [4.69, 9.17) is 4.74 Å². The Morgan fingerprint density at radius 1 is 1.32 bits per heavy atom. The largest absolute Gasteiger partial charge is 0.489 e. The van der Waals surface area contributed by atoms with Crippen molar-refractivity contribution in [2.45, 2.75) is 26.0 Å². The summed E-state index contributed by atoms with van der Waals surface area (Å²) in [5, 5.41) is 4.60. The van der Waals surface area contributed by atoms with Gasteiger partial charge in [0.1, 0.15) is 11.9 Å². The molecule has 1 aliphatic heterocycles. The van der Waals surface area contributed by atoms with Crippen molar-refractivity contribution in [2.24, 2.45) is 0 Å². The topological polar surface area (TPSA) is 34.2 Å². The van der Waals surface area contributed by atoms with Crippen LogP contribution in [0.5, 0.6) is 5.75 Å². The minimum absolute atomic E-state index is 0. The van der Waals surface area contributed by atoms with E-state index >= 15 is 0 Å². The maximum Gasteiger partial charge on any atom is 0.126 e. The van der Waals surface area contributed by atoms with E-state index in [0.717, 1.165) is 30.8 Å². The van der Waals surface area contributed by atoms with Gasteiger partial charge in [-0.2, -0.15) is 0 Å². The van der Waals surface area contributed by atoms with Gasteiger partial charge in [-0.05, 0) is 24.6 Å². The molecule has 0 saturated heterocycles. The van der Waals surface area contributed by atoms with Gasteiger partial charge in [0.2, 0.25) is 0 Å². The van der Waals surface area contributed by atoms with Crippen LogP contribution in [0.4, 0.5) is 0 Å². The van der Waals surface area contributed by atoms with Crippen LogP contribution < -0.4 is 10.1 Å². The summed E-state index contributed by atoms with van der Waals surface area (Å²) >= 11 is 0. The molecule has 1 aromatic carbocycles. The van der Waals surface area contributed by atoms with Gasteiger partial charge < -0.3 is 10.1 Å². The molecule has 0 saturated carbocycles. The smallest absolute Gasteiger partial charge is 0.126 e. The van der Waals surface area contributed by atoms with Gasteiger partial charge in [0, 0.05) is 30.2 Å². The van der Waals surface area contributed by atoms with E-state index in [1.165, 1.54) is 10.9 Å². The van der Waals surface area contributed by atoms with Crippen molar-refractivity contribution in [1.82, 2.24) is 10.3 Å². The number of halogens is 2. The number of hydrogen-bond donors (Lipinski definition) is 1. The lowest BCUT2D eigenvalue weighted by atomic mass is 10.1. The van der Waals surface area contributed by atoms with Crippen molar-refractivity contribution in [3.63, 3.8) is 0 Å². The zero-order valence-electron chi connectivity index (χ0n) is 10.8. The van der Waals surface area contributed by atoms with Crippen LogP contribution in [0.1, 0.15) is 18.9 Å². The normalized spacial score (nSPS) is 17.4. The molecule has 0 unspecified atom stereocenters. The summed E-state index contributed by atoms with van der Waals surface area (Å²) in [5.41, 5.74) is 2.23. The maximum absolute atomic E-state index is 6.01. The predicted octanol–water partition coefficient (Wildman–Crippen LogP) is 3.34. The Morgan fingerprint density at radius 3 is 2.95 bits per heavy atom. The highest BCUT2D eigenvalue weighted by Gasteiger charge is 2.17. The molecular weight excluding hydrogens is 283 g/mol. The third kappa shape index (κ3) is 3.11. The number of benzene rings is 1. The molecule has 1 atom stereocenters. The second-order valence-electron chi connectivity index (χ2n) is 4.40. The van der Waals surface area contributed by atoms with Gasteiger partial charge in [-0.25, -0.2) is 0 Å². The average Bonchev–Trinajstić information content (AvgIpc) is 2.60. The summed E-state index contributed by atoms with van der Waals surface area (Å²) in [7, 11) is 0. The SMILES string of the molecule is CC[C@@H]1CNCc2c(ccc3cccnc23)O1.Cl.Cl. The Balaban J connectivity index is 0.000000902. The quantitative estimate of drug-likeness (QED) is 0.877. The van der Waals surface area contributed by atoms with Crippen molar-refractivity contribution in [2.75, 3.05) is 6.54 Å². The fraction of sp³-hybridized carbons (Fsp3) is 0.357. The Bertz CT molecular complexity index is 548. The number of ether oxygens (including phenoxy) is 1. The average molecular weight is 301 g/mol. The number of fused-ring (bicyclic) bond motifs is 3. The number of aromatic nitrogens is 1. The summed E-state index contributed by atoms with van der Waals surface area (Å²) in [6.07, 6.45) is 3.12. The fourth-order valence-electron chi connectivity index (χ4n) is 2.28. The molecule has 104 valence electrons. The Labute approximate surface area is 125 Å². The summed E-state index contributed by atoms with van der Waals surface area (Å²) in [4.78, 5) is 4.47. The van der Waals surface area contributed by atoms with Crippen LogP contribution in [0.25, 0.3) is 10.9 Å². The first-order valence-electron chi connectivity index (χ1n) is 6.12. The molecule has 3 nitrogen and oxygen atoms in total. The highest BCUT2D eigenvalue weighted by molar-refractivity contribution is 5.85. The van der Waals surface area contributed by atoms with Crippen LogP contribution in [-0.4, -0.2) is 17.6 Å². The summed E-state index contributed by atoms with van der Waals surface area (Å²) < 4.78 is 6.01. The molecule has 0 fully saturated rings. The molecule has 2 heterocycles. The van der Waals surface area contributed by atoms with Gasteiger partial charge in [-0.1, -0.05) is 13.0 Å². The van der Waals surface area contributed by atoms with Crippen LogP contribution in [0.2, 0.25) is 0 Å². The molecule has 0 spiro atoms. The number of nitrogens with one attached hydrogen (secondary N) is 1. The number of pyridine rings is 1. The molecule has 1 aliphatic rings. The van der Waals surface area contributed by atoms with Gasteiger partial charge in [0.05, 0.1) is 5.52 Å². The minimum atomic E-state index is 0. The number of hydrogen-bond acceptors (Lipinski definition) is 3. The van der Waals surface area contributed by atoms with Gasteiger partial charge in [-0.3, -0.25) is 4.98 Å². The third-order valence-corrected chi connectivity index (χ3v) is 3.26. The van der Waals surface area contributed by atoms with Crippen molar-refractivity contribution >= 4 is 35.7 Å². The molecule has 1 N–H and O–H groups in total. The maximum atomic E-state index is 6.01. The zero-order valence-corrected chi connectivity index (χ0v) is 12.4. The second-order valence-corrected chi connectivity index (χ2v) is 4.40. The van der Waals surface area contributed by atoms with Gasteiger partial charge in [0.15, 0.2) is 0 Å². The van der Waals surface area contributed by atoms with Crippen LogP contribution >= 0.6 is 24.8 Å². The van der Waals surface area contributed by atoms with Crippen LogP contribution in [0, 0.1) is 0 Å². The monoisotopic (exact) mass is 300 g/mol. The van der Waals surface area contributed by atoms with E-state index in [0.29, 0.717) is 0 Å². The van der Waals surface area contributed by atoms with E-state index in [1.54, 1.807) is 0 Å². The summed E-state index contributed by atoms with van der Waals surface area (Å²) in [6.45, 7) is 3.89. The van der Waals surface area contributed by atoms with E-state index in [1.807, 2.05) is 12.3 Å². The summed E-state index contributed by atoms with van der Waals surface area (Å²) in [6, 6.07) is 8.20. The molecule has 3 rings (SSSR count). The van der Waals surface area contributed by atoms with Crippen molar-refractivity contribution in [3.05, 3.63) is 36.0 Å². The minimum Gasteiger partial charge on any atom is -0.489 e. The zero-order chi connectivity index (χ0) is 11.7. The first-order valence-corrected chi connectivity index (χ1v) is 6.12. The predicted molar refractivity (Wildman–Crippen MR) is 82.7 cm³/mol. The Kier molecular flexibility index (Phi) is 5.85. The second kappa shape index (κ2) is 6.94. The molecule has 0 bridgehead atoms. The molecule has 2 aromatic rings. The van der Waals surface area contributed by atoms with Gasteiger partial charge in [0.25, 0.3) is 0 Å². The van der Waals surface area contributed by atoms with E-state index in [9.17, 15) is 0 Å². The molecule has 5 heteroatoms. The van der Waals surface area contributed by atoms with Crippen LogP contribution in [0.15, 0.2) is 30.5 Å². The lowest BCUT2D eigenvalue weighted by Gasteiger charge is -2.15. The first kappa shape index (κ1) is 16.0. The van der Waals surface area contributed by atoms with Crippen molar-refractivity contribution < 1.29 is 4.74 Å². The standard InChI is InChI=1S/C14H16N2O.2ClH/c1-2-11-8-15-9-12-13(17-11)6-5-10-4-3-7-16-14(10)12;;/h3-7,11,15H,2,8-9H2,1H3;2*1H/t11-;;/m1../s1. The van der Waals surface area contributed by atoms with Gasteiger partial charge >= 0.3 is 0 Å². The van der Waals surface area contributed by atoms with Crippen molar-refractivity contribution in [1.29, 1.82) is 0 Å². The highest BCUT2D eigenvalue weighted by Crippen LogP contribution is 2.29. The molecule has 1 aromatic heterocycles. The summed E-state index contributed by atoms with van der Waals surface area (Å²) in [5.74, 6) is 0.980. The molecular formula is C14H18Cl2N2O. The number of nitrogens with zero attached hydrogens (tertiary/aromatic N) is 1. The van der Waals surface area contributed by atoms with E-state index in [-0.39, 0.29) is 30.9 Å². The van der Waals surface area contributed by atoms with Crippen molar-refractivity contribution in [3.8, 4) is 5.75 Å². The molecule has 0 amide bonds. The molecule has 19 heavy (non-hydrogen) atoms. The van der Waals surface area contributed by atoms with Gasteiger partial charge in [-0.15, -0.1) is 24.8 Å². The fourth-order valence-corrected chi connectivity index (χ4v) is 2.28. The lowest BCUT2D eigenvalue weighted by Crippen LogP contribution is -2.27. The Hall–Kier alpha value is -1.03. The molecule has 0 aliphatic carbocycles. The van der Waals surface area contributed by atoms with Crippen LogP contribution in [-0.2, 0) is 6.54 Å². The highest BCUT2D eigenvalue weighted by atomic mass is 35.5. The first-order chi connectivity index (χ1) is 8.38. The van der Waals surface area contributed by atoms with E-state index < -0.39 is 0 Å². The van der Waals surface area contributed by atoms with Crippen LogP contribution in [0.3, 0.4) is 0 Å². The third-order valence-electron chi connectivity index (χ3n) is 3.26. The Morgan fingerprint density at radius 2 is 2.16 bits per heavy atom.